The van der Waals surface area contributed by atoms with Crippen LogP contribution in [0.15, 0.2) is 12.3 Å². The predicted octanol–water partition coefficient (Wildman–Crippen LogP) is 2.36. The quantitative estimate of drug-likeness (QED) is 0.766. The van der Waals surface area contributed by atoms with Crippen molar-refractivity contribution in [2.45, 2.75) is 40.2 Å². The first-order valence-corrected chi connectivity index (χ1v) is 5.22. The Labute approximate surface area is 90.2 Å². The van der Waals surface area contributed by atoms with E-state index in [9.17, 15) is 4.79 Å². The van der Waals surface area contributed by atoms with Gasteiger partial charge in [0.2, 0.25) is 11.8 Å². The van der Waals surface area contributed by atoms with Crippen molar-refractivity contribution in [2.75, 3.05) is 0 Å². The summed E-state index contributed by atoms with van der Waals surface area (Å²) in [7, 11) is 0. The molecule has 4 nitrogen and oxygen atoms in total. The van der Waals surface area contributed by atoms with Gasteiger partial charge in [0.05, 0.1) is 6.10 Å². The molecule has 0 aliphatic carbocycles. The van der Waals surface area contributed by atoms with Gasteiger partial charge in [-0.1, -0.05) is 13.8 Å². The monoisotopic (exact) mass is 210 g/mol. The number of hydrogen-bond acceptors (Lipinski definition) is 3. The highest BCUT2D eigenvalue weighted by molar-refractivity contribution is 5.75. The number of carbonyl (C=O) groups excluding carboxylic acids is 1. The Balaban J connectivity index is 2.53. The van der Waals surface area contributed by atoms with Gasteiger partial charge in [-0.25, -0.2) is 4.68 Å². The Kier molecular flexibility index (Phi) is 3.88. The standard InChI is InChI=1S/C11H18N2O2/c1-8(2)7-9(3)15-11-5-6-13(12-11)10(4)14/h5-6,8-9H,7H2,1-4H3. The van der Waals surface area contributed by atoms with E-state index in [1.54, 1.807) is 12.3 Å². The summed E-state index contributed by atoms with van der Waals surface area (Å²) in [4.78, 5) is 11.0. The second kappa shape index (κ2) is 4.96. The zero-order valence-corrected chi connectivity index (χ0v) is 9.73. The highest BCUT2D eigenvalue weighted by atomic mass is 16.5. The normalized spacial score (nSPS) is 12.9. The summed E-state index contributed by atoms with van der Waals surface area (Å²) < 4.78 is 6.85. The lowest BCUT2D eigenvalue weighted by Gasteiger charge is -2.14. The third-order valence-electron chi connectivity index (χ3n) is 2.01. The number of nitrogens with zero attached hydrogens (tertiary/aromatic N) is 2. The Bertz CT molecular complexity index is 331. The number of aromatic nitrogens is 2. The molecule has 1 atom stereocenters. The maximum Gasteiger partial charge on any atom is 0.243 e. The maximum absolute atomic E-state index is 11.0. The minimum Gasteiger partial charge on any atom is -0.474 e. The molecule has 1 unspecified atom stereocenters. The lowest BCUT2D eigenvalue weighted by molar-refractivity contribution is 0.0916. The highest BCUT2D eigenvalue weighted by Crippen LogP contribution is 2.13. The summed E-state index contributed by atoms with van der Waals surface area (Å²) in [6.45, 7) is 7.77. The van der Waals surface area contributed by atoms with Crippen molar-refractivity contribution >= 4 is 5.91 Å². The van der Waals surface area contributed by atoms with Crippen LogP contribution in [0.4, 0.5) is 0 Å². The molecule has 0 radical (unpaired) electrons. The van der Waals surface area contributed by atoms with E-state index in [4.69, 9.17) is 4.74 Å². The molecule has 4 heteroatoms. The fourth-order valence-electron chi connectivity index (χ4n) is 1.46. The SMILES string of the molecule is CC(=O)n1ccc(OC(C)CC(C)C)n1. The number of ether oxygens (including phenoxy) is 1. The van der Waals surface area contributed by atoms with Gasteiger partial charge in [0.15, 0.2) is 0 Å². The molecule has 1 aromatic heterocycles. The summed E-state index contributed by atoms with van der Waals surface area (Å²) >= 11 is 0. The first-order valence-electron chi connectivity index (χ1n) is 5.22. The van der Waals surface area contributed by atoms with Crippen molar-refractivity contribution in [2.24, 2.45) is 5.92 Å². The molecule has 0 bridgehead atoms. The molecule has 0 fully saturated rings. The van der Waals surface area contributed by atoms with E-state index in [0.717, 1.165) is 6.42 Å². The van der Waals surface area contributed by atoms with Gasteiger partial charge in [-0.2, -0.15) is 0 Å². The highest BCUT2D eigenvalue weighted by Gasteiger charge is 2.09. The molecule has 0 saturated heterocycles. The Morgan fingerprint density at radius 3 is 2.67 bits per heavy atom. The molecule has 0 N–H and O–H groups in total. The second-order valence-corrected chi connectivity index (χ2v) is 4.18. The van der Waals surface area contributed by atoms with Gasteiger partial charge in [0.1, 0.15) is 0 Å². The summed E-state index contributed by atoms with van der Waals surface area (Å²) in [5.74, 6) is 0.995. The average Bonchev–Trinajstić information content (AvgIpc) is 2.50. The minimum atomic E-state index is -0.110. The van der Waals surface area contributed by atoms with Crippen LogP contribution >= 0.6 is 0 Å². The van der Waals surface area contributed by atoms with Crippen LogP contribution in [0.25, 0.3) is 0 Å². The molecular formula is C11H18N2O2. The van der Waals surface area contributed by atoms with Crippen LogP contribution in [0, 0.1) is 5.92 Å². The maximum atomic E-state index is 11.0. The van der Waals surface area contributed by atoms with E-state index in [1.165, 1.54) is 11.6 Å². The van der Waals surface area contributed by atoms with Crippen LogP contribution in [0.2, 0.25) is 0 Å². The first-order chi connectivity index (χ1) is 6.99. The van der Waals surface area contributed by atoms with Crippen molar-refractivity contribution in [1.29, 1.82) is 0 Å². The zero-order chi connectivity index (χ0) is 11.4. The first kappa shape index (κ1) is 11.8. The van der Waals surface area contributed by atoms with Crippen molar-refractivity contribution in [3.8, 4) is 5.88 Å². The molecule has 15 heavy (non-hydrogen) atoms. The second-order valence-electron chi connectivity index (χ2n) is 4.18. The molecule has 0 aliphatic rings. The van der Waals surface area contributed by atoms with Crippen LogP contribution in [0.5, 0.6) is 5.88 Å². The number of hydrogen-bond donors (Lipinski definition) is 0. The lowest BCUT2D eigenvalue weighted by Crippen LogP contribution is -2.15. The topological polar surface area (TPSA) is 44.1 Å². The Morgan fingerprint density at radius 2 is 2.20 bits per heavy atom. The molecule has 0 aromatic carbocycles. The third kappa shape index (κ3) is 3.73. The van der Waals surface area contributed by atoms with Crippen LogP contribution in [0.1, 0.15) is 38.9 Å². The summed E-state index contributed by atoms with van der Waals surface area (Å²) in [6, 6.07) is 1.71. The molecule has 1 heterocycles. The molecule has 0 saturated carbocycles. The van der Waals surface area contributed by atoms with Gasteiger partial charge in [-0.05, 0) is 19.3 Å². The van der Waals surface area contributed by atoms with E-state index in [-0.39, 0.29) is 12.0 Å². The molecule has 0 amide bonds. The van der Waals surface area contributed by atoms with Gasteiger partial charge in [-0.3, -0.25) is 4.79 Å². The van der Waals surface area contributed by atoms with Gasteiger partial charge in [0.25, 0.3) is 0 Å². The lowest BCUT2D eigenvalue weighted by atomic mass is 10.1. The third-order valence-corrected chi connectivity index (χ3v) is 2.01. The van der Waals surface area contributed by atoms with E-state index < -0.39 is 0 Å². The van der Waals surface area contributed by atoms with Gasteiger partial charge < -0.3 is 4.74 Å². The molecule has 0 aliphatic heterocycles. The van der Waals surface area contributed by atoms with Crippen LogP contribution in [-0.4, -0.2) is 21.8 Å². The zero-order valence-electron chi connectivity index (χ0n) is 9.73. The van der Waals surface area contributed by atoms with E-state index in [1.807, 2.05) is 6.92 Å². The van der Waals surface area contributed by atoms with Crippen LogP contribution in [0.3, 0.4) is 0 Å². The van der Waals surface area contributed by atoms with E-state index >= 15 is 0 Å². The van der Waals surface area contributed by atoms with Crippen molar-refractivity contribution < 1.29 is 9.53 Å². The molecule has 1 aromatic rings. The summed E-state index contributed by atoms with van der Waals surface area (Å²) in [5, 5.41) is 4.00. The fourth-order valence-corrected chi connectivity index (χ4v) is 1.46. The smallest absolute Gasteiger partial charge is 0.243 e. The Hall–Kier alpha value is -1.32. The van der Waals surface area contributed by atoms with Crippen molar-refractivity contribution in [3.63, 3.8) is 0 Å². The van der Waals surface area contributed by atoms with Crippen molar-refractivity contribution in [1.82, 2.24) is 9.78 Å². The fraction of sp³-hybridized carbons (Fsp3) is 0.636. The van der Waals surface area contributed by atoms with Gasteiger partial charge >= 0.3 is 0 Å². The van der Waals surface area contributed by atoms with Gasteiger partial charge in [-0.15, -0.1) is 5.10 Å². The average molecular weight is 210 g/mol. The summed E-state index contributed by atoms with van der Waals surface area (Å²) in [6.07, 6.45) is 2.72. The molecule has 1 rings (SSSR count). The van der Waals surface area contributed by atoms with Gasteiger partial charge in [0, 0.05) is 19.2 Å². The minimum absolute atomic E-state index is 0.110. The predicted molar refractivity (Wildman–Crippen MR) is 58.1 cm³/mol. The van der Waals surface area contributed by atoms with E-state index in [2.05, 4.69) is 18.9 Å². The molecule has 84 valence electrons. The number of rotatable bonds is 4. The molecular weight excluding hydrogens is 192 g/mol. The van der Waals surface area contributed by atoms with Crippen LogP contribution in [-0.2, 0) is 0 Å². The van der Waals surface area contributed by atoms with Crippen LogP contribution < -0.4 is 4.74 Å². The Morgan fingerprint density at radius 1 is 1.53 bits per heavy atom. The van der Waals surface area contributed by atoms with Crippen molar-refractivity contribution in [3.05, 3.63) is 12.3 Å². The number of carbonyl (C=O) groups is 1. The largest absolute Gasteiger partial charge is 0.474 e. The molecule has 0 spiro atoms. The van der Waals surface area contributed by atoms with E-state index in [0.29, 0.717) is 11.8 Å². The summed E-state index contributed by atoms with van der Waals surface area (Å²) in [5.41, 5.74) is 0.